The van der Waals surface area contributed by atoms with Crippen LogP contribution in [0.15, 0.2) is 97.1 Å². The Labute approximate surface area is 564 Å². The molecule has 25 heteroatoms. The number of H-pyrrole nitrogens is 8. The van der Waals surface area contributed by atoms with E-state index in [9.17, 15) is 0 Å². The molecule has 0 atom stereocenters. The van der Waals surface area contributed by atoms with Crippen molar-refractivity contribution in [3.63, 3.8) is 0 Å². The first-order chi connectivity index (χ1) is 47.4. The van der Waals surface area contributed by atoms with Crippen molar-refractivity contribution in [2.75, 3.05) is 73.4 Å². The summed E-state index contributed by atoms with van der Waals surface area (Å²) in [5, 5.41) is 64.8. The Balaban J connectivity index is 0.000000117. The van der Waals surface area contributed by atoms with Gasteiger partial charge in [0.25, 0.3) is 0 Å². The third-order valence-electron chi connectivity index (χ3n) is 18.3. The van der Waals surface area contributed by atoms with Gasteiger partial charge in [-0.3, -0.25) is 50.6 Å². The van der Waals surface area contributed by atoms with Gasteiger partial charge in [0.05, 0.1) is 53.9 Å². The van der Waals surface area contributed by atoms with E-state index in [4.69, 9.17) is 4.98 Å². The zero-order chi connectivity index (χ0) is 66.8. The predicted molar refractivity (Wildman–Crippen MR) is 383 cm³/mol. The second-order valence-electron chi connectivity index (χ2n) is 26.7. The average molecular weight is 1310 g/mol. The highest BCUT2D eigenvalue weighted by Crippen LogP contribution is 2.37. The number of hydrogen-bond acceptors (Lipinski definition) is 17. The summed E-state index contributed by atoms with van der Waals surface area (Å²) in [5.41, 5.74) is 15.0. The van der Waals surface area contributed by atoms with E-state index < -0.39 is 0 Å². The summed E-state index contributed by atoms with van der Waals surface area (Å²) in [6.45, 7) is 12.2. The van der Waals surface area contributed by atoms with Crippen LogP contribution in [0.4, 0.5) is 5.69 Å². The van der Waals surface area contributed by atoms with E-state index in [0.29, 0.717) is 5.92 Å². The lowest BCUT2D eigenvalue weighted by molar-refractivity contribution is 0.323. The maximum atomic E-state index is 4.72. The Bertz CT molecular complexity index is 4640. The number of rotatable bonds is 19. The fourth-order valence-corrected chi connectivity index (χ4v) is 13.3. The van der Waals surface area contributed by atoms with Crippen LogP contribution in [0.2, 0.25) is 0 Å². The van der Waals surface area contributed by atoms with Gasteiger partial charge in [-0.25, -0.2) is 19.9 Å². The van der Waals surface area contributed by atoms with E-state index in [1.54, 1.807) is 0 Å². The first-order valence-corrected chi connectivity index (χ1v) is 34.5. The van der Waals surface area contributed by atoms with Crippen molar-refractivity contribution in [1.29, 1.82) is 0 Å². The molecule has 13 aromatic rings. The molecule has 2 aliphatic heterocycles. The third-order valence-corrected chi connectivity index (χ3v) is 18.3. The van der Waals surface area contributed by atoms with Crippen LogP contribution in [-0.2, 0) is 39.0 Å². The summed E-state index contributed by atoms with van der Waals surface area (Å²) in [6.07, 6.45) is 15.8. The predicted octanol–water partition coefficient (Wildman–Crippen LogP) is 12.4. The number of nitrogens with one attached hydrogen (secondary N) is 8. The fourth-order valence-electron chi connectivity index (χ4n) is 13.3. The summed E-state index contributed by atoms with van der Waals surface area (Å²) in [4.78, 5) is 29.6. The van der Waals surface area contributed by atoms with Crippen molar-refractivity contribution in [3.8, 4) is 56.8 Å². The van der Waals surface area contributed by atoms with Crippen LogP contribution in [0.25, 0.3) is 100 Å². The van der Waals surface area contributed by atoms with Gasteiger partial charge in [0.1, 0.15) is 23.3 Å². The second-order valence-corrected chi connectivity index (χ2v) is 26.7. The van der Waals surface area contributed by atoms with Crippen molar-refractivity contribution in [2.24, 2.45) is 0 Å². The number of anilines is 1. The number of benzene rings is 5. The van der Waals surface area contributed by atoms with Gasteiger partial charge in [0.15, 0.2) is 23.3 Å². The molecule has 0 unspecified atom stereocenters. The van der Waals surface area contributed by atoms with E-state index in [1.165, 1.54) is 91.3 Å². The summed E-state index contributed by atoms with van der Waals surface area (Å²) >= 11 is 0. The van der Waals surface area contributed by atoms with Gasteiger partial charge >= 0.3 is 0 Å². The molecule has 8 N–H and O–H groups in total. The molecule has 504 valence electrons. The number of fused-ring (bicyclic) bond motifs is 4. The standard InChI is InChI=1S/C22H25N7.C18H24N6.C17H22N6.C15H20N6/c1-28(2)17-8-5-15(6-9-17)21-18-13-16(7-10-19(18)24-26-21)22-23-20(25-27-22)14-29-11-3-4-12-29;1-24(2)11-16-19-18(23-21-16)13-8-9-15-14(10-13)17(22-20-15)12-6-4-3-5-7-12;1-2-5-14-13-10-12(6-7-15(13)20-19-14)17-18-16(21-22-17)11-23-8-3-4-9-23;1-4-5-12-11-8-10(6-7-13(11)18-17-12)15-16-14(19-20-15)9-21(2)3/h5-10,13H,3-4,11-12,14H2,1-2H3,(H,24,26)(H,23,25,27);8-10,12H,3-7,11H2,1-2H3,(H,20,22)(H,19,21,23);6-7,10H,2-5,8-9,11H2,1H3,(H,19,20)(H,18,21,22);6-8H,4-5,9H2,1-3H3,(H,17,18)(H,16,19,20). The maximum Gasteiger partial charge on any atom is 0.181 e. The van der Waals surface area contributed by atoms with E-state index in [0.717, 1.165) is 191 Å². The minimum absolute atomic E-state index is 0.607. The number of aryl methyl sites for hydroxylation is 2. The van der Waals surface area contributed by atoms with Gasteiger partial charge in [-0.2, -0.15) is 40.8 Å². The molecule has 97 heavy (non-hydrogen) atoms. The lowest BCUT2D eigenvalue weighted by Crippen LogP contribution is -2.19. The van der Waals surface area contributed by atoms with Gasteiger partial charge in [0, 0.05) is 92.1 Å². The Morgan fingerprint density at radius 2 is 0.804 bits per heavy atom. The lowest BCUT2D eigenvalue weighted by Gasteiger charge is -2.20. The summed E-state index contributed by atoms with van der Waals surface area (Å²) in [7, 11) is 12.2. The molecule has 0 spiro atoms. The summed E-state index contributed by atoms with van der Waals surface area (Å²) in [6, 6.07) is 33.3. The molecular weight excluding hydrogens is 1210 g/mol. The smallest absolute Gasteiger partial charge is 0.181 e. The molecule has 1 aliphatic carbocycles. The quantitative estimate of drug-likeness (QED) is 0.0373. The molecule has 10 heterocycles. The minimum Gasteiger partial charge on any atom is -0.378 e. The van der Waals surface area contributed by atoms with Crippen molar-refractivity contribution >= 4 is 49.3 Å². The number of aromatic amines is 8. The molecule has 8 aromatic heterocycles. The Morgan fingerprint density at radius 3 is 1.27 bits per heavy atom. The Kier molecular flexibility index (Phi) is 20.7. The van der Waals surface area contributed by atoms with Crippen LogP contribution in [0.5, 0.6) is 0 Å². The van der Waals surface area contributed by atoms with E-state index in [2.05, 4.69) is 196 Å². The second kappa shape index (κ2) is 30.5. The zero-order valence-electron chi connectivity index (χ0n) is 57.3. The first-order valence-electron chi connectivity index (χ1n) is 34.5. The SMILES string of the molecule is CCCc1[nH]nc2ccc(-c3n[nH]c(CN(C)C)n3)cc12.CCCc1[nH]nc2ccc(-c3n[nH]c(CN4CCCC4)n3)cc12.CN(C)Cc1nc(-c2ccc3n[nH]c(C4CCCCC4)c3c2)n[nH]1.CN(C)c1ccc(-c2n[nH]c3ccc(-c4n[nH]c(CN5CCCC5)n4)cc23)cc1. The van der Waals surface area contributed by atoms with Crippen LogP contribution < -0.4 is 4.90 Å². The van der Waals surface area contributed by atoms with Crippen molar-refractivity contribution in [1.82, 2.24) is 121 Å². The number of hydrogen-bond donors (Lipinski definition) is 8. The molecule has 3 fully saturated rings. The van der Waals surface area contributed by atoms with Crippen molar-refractivity contribution < 1.29 is 0 Å². The highest BCUT2D eigenvalue weighted by atomic mass is 15.3. The molecular formula is C72H91N25. The molecule has 5 aromatic carbocycles. The molecule has 3 aliphatic rings. The van der Waals surface area contributed by atoms with Crippen LogP contribution in [0.3, 0.4) is 0 Å². The maximum absolute atomic E-state index is 4.72. The monoisotopic (exact) mass is 1310 g/mol. The lowest BCUT2D eigenvalue weighted by atomic mass is 9.85. The number of aromatic nitrogens is 20. The van der Waals surface area contributed by atoms with Gasteiger partial charge in [0.2, 0.25) is 0 Å². The normalized spacial score (nSPS) is 14.7. The fraction of sp³-hybridized carbons (Fsp3) is 0.417. The summed E-state index contributed by atoms with van der Waals surface area (Å²) < 4.78 is 0. The average Bonchev–Trinajstić information content (AvgIpc) is 1.69. The largest absolute Gasteiger partial charge is 0.378 e. The summed E-state index contributed by atoms with van der Waals surface area (Å²) in [5.74, 6) is 7.22. The van der Waals surface area contributed by atoms with Gasteiger partial charge in [-0.15, -0.1) is 0 Å². The van der Waals surface area contributed by atoms with E-state index >= 15 is 0 Å². The Morgan fingerprint density at radius 1 is 0.392 bits per heavy atom. The molecule has 0 radical (unpaired) electrons. The van der Waals surface area contributed by atoms with Gasteiger partial charge < -0.3 is 14.7 Å². The van der Waals surface area contributed by atoms with Crippen LogP contribution in [0, 0.1) is 0 Å². The van der Waals surface area contributed by atoms with E-state index in [-0.39, 0.29) is 0 Å². The zero-order valence-corrected chi connectivity index (χ0v) is 57.3. The highest BCUT2D eigenvalue weighted by Gasteiger charge is 2.23. The first kappa shape index (κ1) is 65.8. The van der Waals surface area contributed by atoms with Crippen LogP contribution in [-0.4, -0.2) is 190 Å². The third kappa shape index (κ3) is 15.9. The van der Waals surface area contributed by atoms with Crippen LogP contribution in [0.1, 0.15) is 131 Å². The van der Waals surface area contributed by atoms with E-state index in [1.807, 2.05) is 78.7 Å². The van der Waals surface area contributed by atoms with Crippen molar-refractivity contribution in [2.45, 2.75) is 129 Å². The molecule has 0 bridgehead atoms. The minimum atomic E-state index is 0.607. The highest BCUT2D eigenvalue weighted by molar-refractivity contribution is 5.95. The van der Waals surface area contributed by atoms with Crippen LogP contribution >= 0.6 is 0 Å². The topological polar surface area (TPSA) is 297 Å². The Hall–Kier alpha value is -9.82. The molecule has 0 amide bonds. The molecule has 25 nitrogen and oxygen atoms in total. The van der Waals surface area contributed by atoms with Gasteiger partial charge in [-0.1, -0.05) is 58.1 Å². The van der Waals surface area contributed by atoms with Crippen molar-refractivity contribution in [3.05, 3.63) is 137 Å². The number of likely N-dealkylation sites (tertiary alicyclic amines) is 2. The molecule has 2 saturated heterocycles. The van der Waals surface area contributed by atoms with Gasteiger partial charge in [-0.05, 0) is 191 Å². The number of nitrogens with zero attached hydrogens (tertiary/aromatic N) is 17. The molecule has 1 saturated carbocycles. The molecule has 16 rings (SSSR count).